The summed E-state index contributed by atoms with van der Waals surface area (Å²) in [4.78, 5) is 24.0. The van der Waals surface area contributed by atoms with E-state index in [2.05, 4.69) is 5.10 Å². The van der Waals surface area contributed by atoms with E-state index in [1.165, 1.54) is 20.0 Å². The second-order valence-electron chi connectivity index (χ2n) is 5.77. The summed E-state index contributed by atoms with van der Waals surface area (Å²) in [5.74, 6) is 0.432. The van der Waals surface area contributed by atoms with Crippen molar-refractivity contribution in [2.75, 3.05) is 7.11 Å². The predicted molar refractivity (Wildman–Crippen MR) is 77.9 cm³/mol. The van der Waals surface area contributed by atoms with E-state index in [1.807, 2.05) is 17.7 Å². The maximum absolute atomic E-state index is 12.1. The highest BCUT2D eigenvalue weighted by atomic mass is 16.5. The number of methoxy groups -OCH3 is 1. The lowest BCUT2D eigenvalue weighted by Crippen LogP contribution is -2.14. The number of esters is 1. The molecule has 0 aromatic carbocycles. The van der Waals surface area contributed by atoms with Crippen LogP contribution in [-0.4, -0.2) is 28.6 Å². The number of ketones is 1. The average molecular weight is 288 g/mol. The van der Waals surface area contributed by atoms with E-state index in [0.29, 0.717) is 30.9 Å². The summed E-state index contributed by atoms with van der Waals surface area (Å²) < 4.78 is 6.76. The predicted octanol–water partition coefficient (Wildman–Crippen LogP) is 2.39. The van der Waals surface area contributed by atoms with E-state index in [4.69, 9.17) is 4.74 Å². The molecule has 1 aliphatic carbocycles. The van der Waals surface area contributed by atoms with Crippen molar-refractivity contribution in [3.63, 3.8) is 0 Å². The van der Waals surface area contributed by atoms with Crippen LogP contribution in [0.3, 0.4) is 0 Å². The van der Waals surface area contributed by atoms with E-state index in [1.54, 1.807) is 0 Å². The van der Waals surface area contributed by atoms with Crippen LogP contribution in [0.25, 0.3) is 6.08 Å². The number of nitrogens with zero attached hydrogens (tertiary/aromatic N) is 2. The molecule has 0 bridgehead atoms. The van der Waals surface area contributed by atoms with Crippen LogP contribution in [0.1, 0.15) is 54.4 Å². The van der Waals surface area contributed by atoms with E-state index >= 15 is 0 Å². The molecule has 0 unspecified atom stereocenters. The van der Waals surface area contributed by atoms with Crippen molar-refractivity contribution in [1.29, 1.82) is 0 Å². The summed E-state index contributed by atoms with van der Waals surface area (Å²) in [6.45, 7) is 2.51. The molecular weight excluding hydrogens is 268 g/mol. The first-order chi connectivity index (χ1) is 10.1. The lowest BCUT2D eigenvalue weighted by atomic mass is 9.99. The SMILES string of the molecule is CCC(=O)C1=Cc2c(C(=O)OC)c(CC3CC3)nn2CC1. The molecule has 2 aliphatic rings. The van der Waals surface area contributed by atoms with Crippen molar-refractivity contribution in [3.8, 4) is 0 Å². The summed E-state index contributed by atoms with van der Waals surface area (Å²) in [6.07, 6.45) is 6.24. The molecule has 1 saturated carbocycles. The van der Waals surface area contributed by atoms with Crippen molar-refractivity contribution in [2.45, 2.75) is 45.6 Å². The molecule has 1 aliphatic heterocycles. The number of rotatable bonds is 5. The van der Waals surface area contributed by atoms with Gasteiger partial charge in [0.1, 0.15) is 5.56 Å². The number of allylic oxidation sites excluding steroid dienone is 1. The highest BCUT2D eigenvalue weighted by molar-refractivity contribution is 6.02. The minimum absolute atomic E-state index is 0.141. The van der Waals surface area contributed by atoms with E-state index < -0.39 is 0 Å². The van der Waals surface area contributed by atoms with Gasteiger partial charge in [0.2, 0.25) is 0 Å². The topological polar surface area (TPSA) is 61.2 Å². The maximum atomic E-state index is 12.1. The zero-order valence-corrected chi connectivity index (χ0v) is 12.5. The maximum Gasteiger partial charge on any atom is 0.341 e. The Morgan fingerprint density at radius 3 is 2.81 bits per heavy atom. The first kappa shape index (κ1) is 14.0. The molecule has 3 rings (SSSR count). The van der Waals surface area contributed by atoms with Gasteiger partial charge in [0.15, 0.2) is 5.78 Å². The Hall–Kier alpha value is -1.91. The molecule has 0 amide bonds. The Balaban J connectivity index is 2.03. The highest BCUT2D eigenvalue weighted by Crippen LogP contribution is 2.35. The van der Waals surface area contributed by atoms with Crippen molar-refractivity contribution in [1.82, 2.24) is 9.78 Å². The number of ether oxygens (including phenoxy) is 1. The van der Waals surface area contributed by atoms with Crippen LogP contribution in [-0.2, 0) is 22.5 Å². The van der Waals surface area contributed by atoms with Crippen LogP contribution in [0.4, 0.5) is 0 Å². The van der Waals surface area contributed by atoms with Gasteiger partial charge in [-0.2, -0.15) is 5.10 Å². The molecule has 1 aromatic rings. The molecule has 0 atom stereocenters. The third-order valence-corrected chi connectivity index (χ3v) is 4.22. The van der Waals surface area contributed by atoms with Gasteiger partial charge in [-0.15, -0.1) is 0 Å². The zero-order valence-electron chi connectivity index (χ0n) is 12.5. The number of hydrogen-bond acceptors (Lipinski definition) is 4. The molecule has 0 N–H and O–H groups in total. The Kier molecular flexibility index (Phi) is 3.66. The molecule has 0 radical (unpaired) electrons. The van der Waals surface area contributed by atoms with Gasteiger partial charge in [0.25, 0.3) is 0 Å². The molecule has 21 heavy (non-hydrogen) atoms. The smallest absolute Gasteiger partial charge is 0.341 e. The number of hydrogen-bond donors (Lipinski definition) is 0. The molecule has 0 spiro atoms. The Morgan fingerprint density at radius 1 is 1.43 bits per heavy atom. The van der Waals surface area contributed by atoms with Gasteiger partial charge >= 0.3 is 5.97 Å². The average Bonchev–Trinajstić information content (AvgIpc) is 3.24. The number of fused-ring (bicyclic) bond motifs is 1. The Labute approximate surface area is 124 Å². The van der Waals surface area contributed by atoms with E-state index in [0.717, 1.165) is 23.4 Å². The van der Waals surface area contributed by atoms with Crippen molar-refractivity contribution in [2.24, 2.45) is 5.92 Å². The zero-order chi connectivity index (χ0) is 15.0. The van der Waals surface area contributed by atoms with Crippen LogP contribution in [0.15, 0.2) is 5.57 Å². The number of carbonyl (C=O) groups excluding carboxylic acids is 2. The highest BCUT2D eigenvalue weighted by Gasteiger charge is 2.31. The van der Waals surface area contributed by atoms with Gasteiger partial charge in [0.05, 0.1) is 18.5 Å². The summed E-state index contributed by atoms with van der Waals surface area (Å²) in [5.41, 5.74) is 2.89. The summed E-state index contributed by atoms with van der Waals surface area (Å²) >= 11 is 0. The van der Waals surface area contributed by atoms with Crippen LogP contribution in [0, 0.1) is 5.92 Å². The third-order valence-electron chi connectivity index (χ3n) is 4.22. The van der Waals surface area contributed by atoms with E-state index in [9.17, 15) is 9.59 Å². The minimum atomic E-state index is -0.353. The number of Topliss-reactive ketones (excluding diaryl/α,β-unsaturated/α-hetero) is 1. The fraction of sp³-hybridized carbons (Fsp3) is 0.562. The molecule has 112 valence electrons. The Morgan fingerprint density at radius 2 is 2.19 bits per heavy atom. The second-order valence-corrected chi connectivity index (χ2v) is 5.77. The fourth-order valence-electron chi connectivity index (χ4n) is 2.82. The largest absolute Gasteiger partial charge is 0.465 e. The number of aryl methyl sites for hydroxylation is 1. The van der Waals surface area contributed by atoms with Crippen LogP contribution in [0.5, 0.6) is 0 Å². The summed E-state index contributed by atoms with van der Waals surface area (Å²) in [6, 6.07) is 0. The van der Waals surface area contributed by atoms with Crippen LogP contribution in [0.2, 0.25) is 0 Å². The van der Waals surface area contributed by atoms with Gasteiger partial charge in [-0.1, -0.05) is 6.92 Å². The molecule has 5 heteroatoms. The molecule has 1 aromatic heterocycles. The number of aromatic nitrogens is 2. The lowest BCUT2D eigenvalue weighted by Gasteiger charge is -2.14. The minimum Gasteiger partial charge on any atom is -0.465 e. The molecule has 0 saturated heterocycles. The monoisotopic (exact) mass is 288 g/mol. The molecule has 5 nitrogen and oxygen atoms in total. The third kappa shape index (κ3) is 2.64. The van der Waals surface area contributed by atoms with Crippen molar-refractivity contribution >= 4 is 17.8 Å². The molecular formula is C16H20N2O3. The second kappa shape index (κ2) is 5.47. The van der Waals surface area contributed by atoms with Crippen molar-refractivity contribution < 1.29 is 14.3 Å². The first-order valence-electron chi connectivity index (χ1n) is 7.55. The van der Waals surface area contributed by atoms with Gasteiger partial charge < -0.3 is 4.74 Å². The van der Waals surface area contributed by atoms with Gasteiger partial charge in [0, 0.05) is 13.0 Å². The van der Waals surface area contributed by atoms with Crippen LogP contribution < -0.4 is 0 Å². The van der Waals surface area contributed by atoms with Crippen LogP contribution >= 0.6 is 0 Å². The standard InChI is InChI=1S/C16H20N2O3/c1-3-14(19)11-6-7-18-13(9-11)15(16(20)21-2)12(17-18)8-10-4-5-10/h9-10H,3-8H2,1-2H3. The summed E-state index contributed by atoms with van der Waals surface area (Å²) in [5, 5.41) is 4.58. The molecule has 2 heterocycles. The van der Waals surface area contributed by atoms with Gasteiger partial charge in [-0.25, -0.2) is 4.79 Å². The van der Waals surface area contributed by atoms with Gasteiger partial charge in [-0.05, 0) is 43.3 Å². The fourth-order valence-corrected chi connectivity index (χ4v) is 2.82. The first-order valence-corrected chi connectivity index (χ1v) is 7.55. The lowest BCUT2D eigenvalue weighted by molar-refractivity contribution is -0.115. The Bertz CT molecular complexity index is 624. The quantitative estimate of drug-likeness (QED) is 0.780. The van der Waals surface area contributed by atoms with Gasteiger partial charge in [-0.3, -0.25) is 9.48 Å². The van der Waals surface area contributed by atoms with E-state index in [-0.39, 0.29) is 11.8 Å². The summed E-state index contributed by atoms with van der Waals surface area (Å²) in [7, 11) is 1.39. The molecule has 1 fully saturated rings. The number of carbonyl (C=O) groups is 2. The van der Waals surface area contributed by atoms with Crippen molar-refractivity contribution in [3.05, 3.63) is 22.5 Å². The normalized spacial score (nSPS) is 17.1.